The van der Waals surface area contributed by atoms with Crippen LogP contribution in [0.15, 0.2) is 18.2 Å². The maximum atomic E-state index is 13.3. The second-order valence-electron chi connectivity index (χ2n) is 5.94. The smallest absolute Gasteiger partial charge is 0.227 e. The van der Waals surface area contributed by atoms with Gasteiger partial charge in [-0.15, -0.1) is 12.4 Å². The van der Waals surface area contributed by atoms with Gasteiger partial charge in [-0.1, -0.05) is 0 Å². The maximum Gasteiger partial charge on any atom is 0.227 e. The lowest BCUT2D eigenvalue weighted by atomic mass is 10.0. The van der Waals surface area contributed by atoms with Crippen molar-refractivity contribution in [2.75, 3.05) is 24.5 Å². The molecule has 0 aliphatic carbocycles. The summed E-state index contributed by atoms with van der Waals surface area (Å²) in [5, 5.41) is 3.32. The Bertz CT molecular complexity index is 535. The van der Waals surface area contributed by atoms with Crippen molar-refractivity contribution in [1.82, 2.24) is 5.32 Å². The van der Waals surface area contributed by atoms with Crippen molar-refractivity contribution >= 4 is 24.0 Å². The van der Waals surface area contributed by atoms with Crippen LogP contribution in [-0.2, 0) is 4.79 Å². The number of hydrogen-bond acceptors (Lipinski definition) is 3. The van der Waals surface area contributed by atoms with Gasteiger partial charge in [-0.2, -0.15) is 0 Å². The van der Waals surface area contributed by atoms with Gasteiger partial charge in [0.25, 0.3) is 0 Å². The van der Waals surface area contributed by atoms with Crippen LogP contribution in [0.1, 0.15) is 26.2 Å². The highest BCUT2D eigenvalue weighted by Crippen LogP contribution is 2.34. The Hall–Kier alpha value is -1.33. The van der Waals surface area contributed by atoms with Gasteiger partial charge >= 0.3 is 0 Å². The second-order valence-corrected chi connectivity index (χ2v) is 5.94. The van der Waals surface area contributed by atoms with Crippen molar-refractivity contribution < 1.29 is 13.9 Å². The number of rotatable bonds is 3. The Morgan fingerprint density at radius 1 is 1.50 bits per heavy atom. The van der Waals surface area contributed by atoms with Crippen LogP contribution in [0.2, 0.25) is 0 Å². The van der Waals surface area contributed by atoms with E-state index < -0.39 is 0 Å². The predicted octanol–water partition coefficient (Wildman–Crippen LogP) is 2.75. The van der Waals surface area contributed by atoms with E-state index in [0.29, 0.717) is 30.3 Å². The number of hydrogen-bond donors (Lipinski definition) is 1. The standard InChI is InChI=1S/C16H21FN2O2.ClH/c1-11-10-19(14-4-3-13(17)8-15(14)21-11)16(20)5-2-12-6-7-18-9-12;/h3-4,8,11-12,18H,2,5-7,9-10H2,1H3;1H. The normalized spacial score (nSPS) is 23.5. The first kappa shape index (κ1) is 17.0. The molecule has 1 N–H and O–H groups in total. The molecule has 2 atom stereocenters. The fourth-order valence-corrected chi connectivity index (χ4v) is 3.07. The van der Waals surface area contributed by atoms with Crippen LogP contribution < -0.4 is 15.0 Å². The zero-order valence-electron chi connectivity index (χ0n) is 12.7. The Labute approximate surface area is 136 Å². The third-order valence-electron chi connectivity index (χ3n) is 4.21. The van der Waals surface area contributed by atoms with Gasteiger partial charge in [0.1, 0.15) is 17.7 Å². The monoisotopic (exact) mass is 328 g/mol. The van der Waals surface area contributed by atoms with Gasteiger partial charge in [0.2, 0.25) is 5.91 Å². The molecule has 0 aromatic heterocycles. The molecule has 122 valence electrons. The maximum absolute atomic E-state index is 13.3. The first-order valence-electron chi connectivity index (χ1n) is 7.61. The number of carbonyl (C=O) groups is 1. The van der Waals surface area contributed by atoms with Crippen molar-refractivity contribution in [3.63, 3.8) is 0 Å². The summed E-state index contributed by atoms with van der Waals surface area (Å²) in [6.07, 6.45) is 2.48. The van der Waals surface area contributed by atoms with Crippen LogP contribution >= 0.6 is 12.4 Å². The molecule has 2 unspecified atom stereocenters. The largest absolute Gasteiger partial charge is 0.487 e. The zero-order valence-corrected chi connectivity index (χ0v) is 13.5. The highest BCUT2D eigenvalue weighted by molar-refractivity contribution is 5.95. The number of carbonyl (C=O) groups excluding carboxylic acids is 1. The molecule has 1 amide bonds. The molecule has 1 saturated heterocycles. The van der Waals surface area contributed by atoms with E-state index in [4.69, 9.17) is 4.74 Å². The van der Waals surface area contributed by atoms with Gasteiger partial charge in [0.15, 0.2) is 0 Å². The number of amides is 1. The van der Waals surface area contributed by atoms with Gasteiger partial charge in [-0.25, -0.2) is 4.39 Å². The van der Waals surface area contributed by atoms with Crippen LogP contribution in [0.4, 0.5) is 10.1 Å². The summed E-state index contributed by atoms with van der Waals surface area (Å²) < 4.78 is 18.9. The minimum atomic E-state index is -0.340. The quantitative estimate of drug-likeness (QED) is 0.927. The van der Waals surface area contributed by atoms with Crippen molar-refractivity contribution in [3.8, 4) is 5.75 Å². The number of nitrogens with zero attached hydrogens (tertiary/aromatic N) is 1. The highest BCUT2D eigenvalue weighted by atomic mass is 35.5. The minimum absolute atomic E-state index is 0. The van der Waals surface area contributed by atoms with E-state index in [1.165, 1.54) is 12.1 Å². The van der Waals surface area contributed by atoms with E-state index in [1.807, 2.05) is 6.92 Å². The Morgan fingerprint density at radius 3 is 3.05 bits per heavy atom. The lowest BCUT2D eigenvalue weighted by Gasteiger charge is -2.33. The number of anilines is 1. The molecule has 0 saturated carbocycles. The molecule has 2 aliphatic rings. The molecular weight excluding hydrogens is 307 g/mol. The highest BCUT2D eigenvalue weighted by Gasteiger charge is 2.28. The summed E-state index contributed by atoms with van der Waals surface area (Å²) in [4.78, 5) is 14.2. The van der Waals surface area contributed by atoms with Gasteiger partial charge in [0.05, 0.1) is 12.2 Å². The van der Waals surface area contributed by atoms with Crippen molar-refractivity contribution in [1.29, 1.82) is 0 Å². The average molecular weight is 329 g/mol. The second kappa shape index (κ2) is 7.29. The lowest BCUT2D eigenvalue weighted by Crippen LogP contribution is -2.42. The molecule has 1 aromatic carbocycles. The topological polar surface area (TPSA) is 41.6 Å². The molecule has 4 nitrogen and oxygen atoms in total. The fraction of sp³-hybridized carbons (Fsp3) is 0.562. The fourth-order valence-electron chi connectivity index (χ4n) is 3.07. The predicted molar refractivity (Wildman–Crippen MR) is 86.3 cm³/mol. The molecule has 0 spiro atoms. The van der Waals surface area contributed by atoms with Crippen LogP contribution in [0.3, 0.4) is 0 Å². The molecule has 6 heteroatoms. The molecule has 0 bridgehead atoms. The summed E-state index contributed by atoms with van der Waals surface area (Å²) in [5.41, 5.74) is 0.684. The summed E-state index contributed by atoms with van der Waals surface area (Å²) in [6.45, 7) is 4.49. The summed E-state index contributed by atoms with van der Waals surface area (Å²) in [5.74, 6) is 0.821. The molecule has 22 heavy (non-hydrogen) atoms. The van der Waals surface area contributed by atoms with Gasteiger partial charge in [0, 0.05) is 12.5 Å². The van der Waals surface area contributed by atoms with Crippen molar-refractivity contribution in [2.24, 2.45) is 5.92 Å². The average Bonchev–Trinajstić information content (AvgIpc) is 2.96. The van der Waals surface area contributed by atoms with E-state index in [-0.39, 0.29) is 30.2 Å². The third kappa shape index (κ3) is 3.70. The van der Waals surface area contributed by atoms with Gasteiger partial charge in [-0.05, 0) is 50.9 Å². The molecule has 0 radical (unpaired) electrons. The molecular formula is C16H22ClFN2O2. The number of nitrogens with one attached hydrogen (secondary N) is 1. The van der Waals surface area contributed by atoms with Crippen molar-refractivity contribution in [3.05, 3.63) is 24.0 Å². The first-order chi connectivity index (χ1) is 10.1. The third-order valence-corrected chi connectivity index (χ3v) is 4.21. The molecule has 1 aromatic rings. The number of fused-ring (bicyclic) bond motifs is 1. The van der Waals surface area contributed by atoms with E-state index >= 15 is 0 Å². The minimum Gasteiger partial charge on any atom is -0.487 e. The van der Waals surface area contributed by atoms with E-state index in [1.54, 1.807) is 11.0 Å². The van der Waals surface area contributed by atoms with Crippen LogP contribution in [0.25, 0.3) is 0 Å². The van der Waals surface area contributed by atoms with E-state index in [9.17, 15) is 9.18 Å². The van der Waals surface area contributed by atoms with E-state index in [2.05, 4.69) is 5.32 Å². The SMILES string of the molecule is CC1CN(C(=O)CCC2CCNC2)c2ccc(F)cc2O1.Cl. The Kier molecular flexibility index (Phi) is 5.64. The summed E-state index contributed by atoms with van der Waals surface area (Å²) in [7, 11) is 0. The van der Waals surface area contributed by atoms with E-state index in [0.717, 1.165) is 25.9 Å². The first-order valence-corrected chi connectivity index (χ1v) is 7.61. The molecule has 2 aliphatic heterocycles. The number of ether oxygens (including phenoxy) is 1. The van der Waals surface area contributed by atoms with Gasteiger partial charge < -0.3 is 15.0 Å². The Morgan fingerprint density at radius 2 is 2.32 bits per heavy atom. The van der Waals surface area contributed by atoms with Crippen LogP contribution in [0.5, 0.6) is 5.75 Å². The molecule has 3 rings (SSSR count). The Balaban J connectivity index is 0.00000176. The summed E-state index contributed by atoms with van der Waals surface area (Å²) in [6, 6.07) is 4.36. The lowest BCUT2D eigenvalue weighted by molar-refractivity contribution is -0.119. The van der Waals surface area contributed by atoms with Crippen LogP contribution in [0, 0.1) is 11.7 Å². The van der Waals surface area contributed by atoms with Crippen molar-refractivity contribution in [2.45, 2.75) is 32.3 Å². The summed E-state index contributed by atoms with van der Waals surface area (Å²) >= 11 is 0. The molecule has 2 heterocycles. The van der Waals surface area contributed by atoms with Crippen LogP contribution in [-0.4, -0.2) is 31.6 Å². The molecule has 1 fully saturated rings. The van der Waals surface area contributed by atoms with Gasteiger partial charge in [-0.3, -0.25) is 4.79 Å². The number of halogens is 2. The zero-order chi connectivity index (χ0) is 14.8. The number of benzene rings is 1.